The third-order valence-corrected chi connectivity index (χ3v) is 4.93. The summed E-state index contributed by atoms with van der Waals surface area (Å²) in [5.74, 6) is 0.908. The molecule has 1 fully saturated rings. The highest BCUT2D eigenvalue weighted by atomic mass is 127. The van der Waals surface area contributed by atoms with Crippen molar-refractivity contribution in [3.63, 3.8) is 0 Å². The predicted molar refractivity (Wildman–Crippen MR) is 110 cm³/mol. The van der Waals surface area contributed by atoms with Crippen molar-refractivity contribution in [1.82, 2.24) is 15.1 Å². The number of hydrogen-bond donors (Lipinski definition) is 2. The molecule has 1 aliphatic rings. The van der Waals surface area contributed by atoms with E-state index in [1.54, 1.807) is 0 Å². The van der Waals surface area contributed by atoms with E-state index in [4.69, 9.17) is 0 Å². The Morgan fingerprint density at radius 1 is 1.30 bits per heavy atom. The Kier molecular flexibility index (Phi) is 11.4. The van der Waals surface area contributed by atoms with E-state index in [0.29, 0.717) is 12.6 Å². The fourth-order valence-electron chi connectivity index (χ4n) is 3.09. The van der Waals surface area contributed by atoms with Gasteiger partial charge in [0.2, 0.25) is 0 Å². The van der Waals surface area contributed by atoms with Crippen LogP contribution in [-0.2, 0) is 0 Å². The van der Waals surface area contributed by atoms with Crippen molar-refractivity contribution < 1.29 is 5.11 Å². The van der Waals surface area contributed by atoms with Gasteiger partial charge in [0.05, 0.1) is 12.1 Å². The van der Waals surface area contributed by atoms with Crippen LogP contribution in [0.1, 0.15) is 53.4 Å². The van der Waals surface area contributed by atoms with Gasteiger partial charge in [0, 0.05) is 26.2 Å². The predicted octanol–water partition coefficient (Wildman–Crippen LogP) is 2.54. The van der Waals surface area contributed by atoms with Gasteiger partial charge in [-0.05, 0) is 45.7 Å². The van der Waals surface area contributed by atoms with E-state index in [1.807, 2.05) is 13.8 Å². The molecular formula is C17H37IN4O. The zero-order valence-corrected chi connectivity index (χ0v) is 18.0. The lowest BCUT2D eigenvalue weighted by Crippen LogP contribution is -2.46. The van der Waals surface area contributed by atoms with Crippen LogP contribution in [0.2, 0.25) is 0 Å². The van der Waals surface area contributed by atoms with E-state index >= 15 is 0 Å². The topological polar surface area (TPSA) is 51.1 Å². The molecule has 0 radical (unpaired) electrons. The first-order valence-electron chi connectivity index (χ1n) is 8.95. The molecule has 0 spiro atoms. The van der Waals surface area contributed by atoms with E-state index in [1.165, 1.54) is 19.4 Å². The summed E-state index contributed by atoms with van der Waals surface area (Å²) < 4.78 is 0. The number of likely N-dealkylation sites (tertiary alicyclic amines) is 1. The molecule has 1 aliphatic heterocycles. The molecule has 0 aromatic rings. The van der Waals surface area contributed by atoms with Crippen LogP contribution in [0.25, 0.3) is 0 Å². The summed E-state index contributed by atoms with van der Waals surface area (Å²) in [5.41, 5.74) is -0.676. The highest BCUT2D eigenvalue weighted by Crippen LogP contribution is 2.18. The van der Waals surface area contributed by atoms with Gasteiger partial charge < -0.3 is 15.3 Å². The van der Waals surface area contributed by atoms with Crippen LogP contribution in [0, 0.1) is 0 Å². The van der Waals surface area contributed by atoms with E-state index < -0.39 is 5.60 Å². The van der Waals surface area contributed by atoms with Gasteiger partial charge >= 0.3 is 0 Å². The Morgan fingerprint density at radius 3 is 2.48 bits per heavy atom. The van der Waals surface area contributed by atoms with Crippen molar-refractivity contribution in [2.24, 2.45) is 4.99 Å². The molecule has 1 unspecified atom stereocenters. The Balaban J connectivity index is 0.00000484. The molecule has 1 heterocycles. The Hall–Kier alpha value is -0.0800. The van der Waals surface area contributed by atoms with Crippen molar-refractivity contribution in [1.29, 1.82) is 0 Å². The number of hydrogen-bond acceptors (Lipinski definition) is 3. The highest BCUT2D eigenvalue weighted by molar-refractivity contribution is 14.0. The Bertz CT molecular complexity index is 347. The number of likely N-dealkylation sites (N-methyl/N-ethyl adjacent to an activating group) is 2. The van der Waals surface area contributed by atoms with Crippen molar-refractivity contribution in [3.8, 4) is 0 Å². The molecule has 6 heteroatoms. The molecule has 0 aliphatic carbocycles. The molecule has 1 rings (SSSR count). The number of nitrogens with zero attached hydrogens (tertiary/aromatic N) is 3. The molecule has 5 nitrogen and oxygen atoms in total. The molecule has 0 aromatic carbocycles. The highest BCUT2D eigenvalue weighted by Gasteiger charge is 2.26. The van der Waals surface area contributed by atoms with Gasteiger partial charge in [0.1, 0.15) is 0 Å². The number of rotatable bonds is 8. The summed E-state index contributed by atoms with van der Waals surface area (Å²) in [4.78, 5) is 9.45. The molecule has 0 aromatic heterocycles. The zero-order chi connectivity index (χ0) is 16.6. The average Bonchev–Trinajstić information content (AvgIpc) is 2.98. The van der Waals surface area contributed by atoms with Crippen LogP contribution in [0.15, 0.2) is 4.99 Å². The maximum Gasteiger partial charge on any atom is 0.193 e. The average molecular weight is 440 g/mol. The Morgan fingerprint density at radius 2 is 1.96 bits per heavy atom. The lowest BCUT2D eigenvalue weighted by atomic mass is 9.98. The quantitative estimate of drug-likeness (QED) is 0.346. The van der Waals surface area contributed by atoms with E-state index in [9.17, 15) is 5.11 Å². The summed E-state index contributed by atoms with van der Waals surface area (Å²) in [6.45, 7) is 13.0. The first kappa shape index (κ1) is 22.9. The third kappa shape index (κ3) is 7.13. The molecular weight excluding hydrogens is 403 g/mol. The summed E-state index contributed by atoms with van der Waals surface area (Å²) >= 11 is 0. The van der Waals surface area contributed by atoms with Crippen LogP contribution in [0.4, 0.5) is 0 Å². The van der Waals surface area contributed by atoms with Crippen molar-refractivity contribution in [2.75, 3.05) is 39.8 Å². The van der Waals surface area contributed by atoms with Crippen LogP contribution < -0.4 is 5.32 Å². The van der Waals surface area contributed by atoms with Crippen LogP contribution in [-0.4, -0.2) is 72.3 Å². The summed E-state index contributed by atoms with van der Waals surface area (Å²) in [6, 6.07) is 0.620. The monoisotopic (exact) mass is 440 g/mol. The van der Waals surface area contributed by atoms with Crippen LogP contribution >= 0.6 is 24.0 Å². The van der Waals surface area contributed by atoms with E-state index in [-0.39, 0.29) is 24.0 Å². The summed E-state index contributed by atoms with van der Waals surface area (Å²) in [5, 5.41) is 13.8. The van der Waals surface area contributed by atoms with Gasteiger partial charge in [-0.15, -0.1) is 24.0 Å². The normalized spacial score (nSPS) is 19.6. The second kappa shape index (κ2) is 11.5. The molecule has 1 saturated heterocycles. The molecule has 0 bridgehead atoms. The fraction of sp³-hybridized carbons (Fsp3) is 0.941. The van der Waals surface area contributed by atoms with Crippen molar-refractivity contribution in [3.05, 3.63) is 0 Å². The third-order valence-electron chi connectivity index (χ3n) is 4.93. The minimum absolute atomic E-state index is 0. The Labute approximate surface area is 159 Å². The van der Waals surface area contributed by atoms with Crippen molar-refractivity contribution in [2.45, 2.75) is 65.0 Å². The van der Waals surface area contributed by atoms with Gasteiger partial charge in [0.25, 0.3) is 0 Å². The minimum Gasteiger partial charge on any atom is -0.388 e. The largest absolute Gasteiger partial charge is 0.388 e. The molecule has 23 heavy (non-hydrogen) atoms. The molecule has 0 amide bonds. The fourth-order valence-corrected chi connectivity index (χ4v) is 3.09. The van der Waals surface area contributed by atoms with E-state index in [0.717, 1.165) is 38.4 Å². The smallest absolute Gasteiger partial charge is 0.193 e. The standard InChI is InChI=1S/C17H36N4O.HI/c1-6-17(22,7-2)14-19-16(18-8-3)20(5)13-15-11-10-12-21(15)9-4;/h15,22H,6-14H2,1-5H3,(H,18,19);1H. The SMILES string of the molecule is CCNC(=NCC(O)(CC)CC)N(C)CC1CCCN1CC.I. The minimum atomic E-state index is -0.676. The lowest BCUT2D eigenvalue weighted by Gasteiger charge is -2.30. The van der Waals surface area contributed by atoms with Crippen LogP contribution in [0.3, 0.4) is 0 Å². The maximum atomic E-state index is 10.4. The first-order valence-corrected chi connectivity index (χ1v) is 8.95. The maximum absolute atomic E-state index is 10.4. The zero-order valence-electron chi connectivity index (χ0n) is 15.6. The molecule has 138 valence electrons. The lowest BCUT2D eigenvalue weighted by molar-refractivity contribution is 0.0415. The number of aliphatic hydroxyl groups is 1. The number of aliphatic imine (C=N–C) groups is 1. The second-order valence-corrected chi connectivity index (χ2v) is 6.41. The molecule has 0 saturated carbocycles. The van der Waals surface area contributed by atoms with Crippen molar-refractivity contribution >= 4 is 29.9 Å². The van der Waals surface area contributed by atoms with Gasteiger partial charge in [-0.1, -0.05) is 20.8 Å². The van der Waals surface area contributed by atoms with Crippen LogP contribution in [0.5, 0.6) is 0 Å². The number of guanidine groups is 1. The first-order chi connectivity index (χ1) is 10.5. The van der Waals surface area contributed by atoms with Gasteiger partial charge in [-0.2, -0.15) is 0 Å². The summed E-state index contributed by atoms with van der Waals surface area (Å²) in [6.07, 6.45) is 4.04. The van der Waals surface area contributed by atoms with Gasteiger partial charge in [-0.3, -0.25) is 9.89 Å². The molecule has 1 atom stereocenters. The summed E-state index contributed by atoms with van der Waals surface area (Å²) in [7, 11) is 2.10. The second-order valence-electron chi connectivity index (χ2n) is 6.41. The molecule has 2 N–H and O–H groups in total. The van der Waals surface area contributed by atoms with Gasteiger partial charge in [0.15, 0.2) is 5.96 Å². The number of halogens is 1. The van der Waals surface area contributed by atoms with Gasteiger partial charge in [-0.25, -0.2) is 0 Å². The number of nitrogens with one attached hydrogen (secondary N) is 1. The van der Waals surface area contributed by atoms with E-state index in [2.05, 4.69) is 41.0 Å².